The van der Waals surface area contributed by atoms with Gasteiger partial charge in [0.05, 0.1) is 10.5 Å². The van der Waals surface area contributed by atoms with Gasteiger partial charge in [-0.2, -0.15) is 8.78 Å². The molecular weight excluding hydrogens is 397 g/mol. The molecule has 0 atom stereocenters. The SMILES string of the molecule is CC(C)NS(=O)(=O)c1ccc(F)c(C(=O)NCc2ccccc2OC(F)F)c1. The van der Waals surface area contributed by atoms with Gasteiger partial charge >= 0.3 is 6.61 Å². The summed E-state index contributed by atoms with van der Waals surface area (Å²) >= 11 is 0. The van der Waals surface area contributed by atoms with Gasteiger partial charge in [-0.15, -0.1) is 0 Å². The molecule has 1 amide bonds. The van der Waals surface area contributed by atoms with Crippen LogP contribution in [0, 0.1) is 5.82 Å². The van der Waals surface area contributed by atoms with Gasteiger partial charge in [0, 0.05) is 18.2 Å². The highest BCUT2D eigenvalue weighted by Gasteiger charge is 2.20. The number of amides is 1. The van der Waals surface area contributed by atoms with E-state index in [1.54, 1.807) is 19.9 Å². The van der Waals surface area contributed by atoms with Crippen molar-refractivity contribution in [1.82, 2.24) is 10.0 Å². The second kappa shape index (κ2) is 9.07. The molecule has 2 aromatic rings. The molecule has 0 aliphatic carbocycles. The highest BCUT2D eigenvalue weighted by atomic mass is 32.2. The van der Waals surface area contributed by atoms with Crippen molar-refractivity contribution < 1.29 is 31.1 Å². The third-order valence-corrected chi connectivity index (χ3v) is 5.17. The first-order valence-corrected chi connectivity index (χ1v) is 9.71. The predicted molar refractivity (Wildman–Crippen MR) is 96.1 cm³/mol. The number of hydrogen-bond donors (Lipinski definition) is 2. The van der Waals surface area contributed by atoms with Crippen molar-refractivity contribution >= 4 is 15.9 Å². The average Bonchev–Trinajstić information content (AvgIpc) is 2.59. The molecule has 0 aliphatic rings. The number of carbonyl (C=O) groups excluding carboxylic acids is 1. The van der Waals surface area contributed by atoms with Gasteiger partial charge in [0.15, 0.2) is 0 Å². The van der Waals surface area contributed by atoms with Crippen LogP contribution in [0.5, 0.6) is 5.75 Å². The van der Waals surface area contributed by atoms with Crippen LogP contribution >= 0.6 is 0 Å². The number of nitrogens with one attached hydrogen (secondary N) is 2. The molecule has 0 fully saturated rings. The van der Waals surface area contributed by atoms with Crippen LogP contribution in [-0.4, -0.2) is 27.0 Å². The summed E-state index contributed by atoms with van der Waals surface area (Å²) in [6.45, 7) is -0.0199. The zero-order valence-electron chi connectivity index (χ0n) is 15.1. The fraction of sp³-hybridized carbons (Fsp3) is 0.278. The second-order valence-corrected chi connectivity index (χ2v) is 7.80. The molecular formula is C18H19F3N2O4S. The fourth-order valence-corrected chi connectivity index (χ4v) is 3.63. The number of para-hydroxylation sites is 1. The maximum absolute atomic E-state index is 14.0. The lowest BCUT2D eigenvalue weighted by atomic mass is 10.1. The Morgan fingerprint density at radius 3 is 2.46 bits per heavy atom. The summed E-state index contributed by atoms with van der Waals surface area (Å²) in [5, 5.41) is 2.37. The zero-order valence-corrected chi connectivity index (χ0v) is 15.9. The Morgan fingerprint density at radius 1 is 1.14 bits per heavy atom. The monoisotopic (exact) mass is 416 g/mol. The summed E-state index contributed by atoms with van der Waals surface area (Å²) in [5.74, 6) is -1.94. The molecule has 28 heavy (non-hydrogen) atoms. The second-order valence-electron chi connectivity index (χ2n) is 6.09. The van der Waals surface area contributed by atoms with E-state index >= 15 is 0 Å². The normalized spacial score (nSPS) is 11.7. The minimum atomic E-state index is -3.92. The van der Waals surface area contributed by atoms with Crippen LogP contribution in [0.25, 0.3) is 0 Å². The van der Waals surface area contributed by atoms with Crippen LogP contribution in [0.3, 0.4) is 0 Å². The maximum atomic E-state index is 14.0. The molecule has 2 rings (SSSR count). The number of rotatable bonds is 8. The first-order chi connectivity index (χ1) is 13.1. The topological polar surface area (TPSA) is 84.5 Å². The van der Waals surface area contributed by atoms with Crippen molar-refractivity contribution in [3.63, 3.8) is 0 Å². The minimum absolute atomic E-state index is 0.129. The molecule has 2 N–H and O–H groups in total. The largest absolute Gasteiger partial charge is 0.434 e. The molecule has 152 valence electrons. The number of benzene rings is 2. The van der Waals surface area contributed by atoms with Gasteiger partial charge in [-0.3, -0.25) is 4.79 Å². The van der Waals surface area contributed by atoms with Crippen molar-refractivity contribution in [2.75, 3.05) is 0 Å². The summed E-state index contributed by atoms with van der Waals surface area (Å²) in [6, 6.07) is 8.25. The molecule has 0 saturated carbocycles. The third kappa shape index (κ3) is 5.70. The van der Waals surface area contributed by atoms with E-state index in [0.717, 1.165) is 18.2 Å². The van der Waals surface area contributed by atoms with Crippen molar-refractivity contribution in [2.24, 2.45) is 0 Å². The van der Waals surface area contributed by atoms with Crippen LogP contribution in [-0.2, 0) is 16.6 Å². The molecule has 0 saturated heterocycles. The lowest BCUT2D eigenvalue weighted by molar-refractivity contribution is -0.0504. The standard InChI is InChI=1S/C18H19F3N2O4S/c1-11(2)23-28(25,26)13-7-8-15(19)14(9-13)17(24)22-10-12-5-3-4-6-16(12)27-18(20)21/h3-9,11,18,23H,10H2,1-2H3,(H,22,24). The molecule has 0 aromatic heterocycles. The average molecular weight is 416 g/mol. The minimum Gasteiger partial charge on any atom is -0.434 e. The first-order valence-electron chi connectivity index (χ1n) is 8.23. The van der Waals surface area contributed by atoms with Gasteiger partial charge in [0.2, 0.25) is 10.0 Å². The maximum Gasteiger partial charge on any atom is 0.387 e. The van der Waals surface area contributed by atoms with Gasteiger partial charge in [0.1, 0.15) is 11.6 Å². The summed E-state index contributed by atoms with van der Waals surface area (Å²) in [7, 11) is -3.92. The summed E-state index contributed by atoms with van der Waals surface area (Å²) in [6.07, 6.45) is 0. The van der Waals surface area contributed by atoms with Gasteiger partial charge in [-0.05, 0) is 38.1 Å². The van der Waals surface area contributed by atoms with E-state index in [1.165, 1.54) is 18.2 Å². The van der Waals surface area contributed by atoms with E-state index in [2.05, 4.69) is 14.8 Å². The number of ether oxygens (including phenoxy) is 1. The van der Waals surface area contributed by atoms with Crippen LogP contribution in [0.15, 0.2) is 47.4 Å². The molecule has 0 unspecified atom stereocenters. The van der Waals surface area contributed by atoms with Crippen LogP contribution in [0.4, 0.5) is 13.2 Å². The van der Waals surface area contributed by atoms with Crippen molar-refractivity contribution in [1.29, 1.82) is 0 Å². The van der Waals surface area contributed by atoms with Crippen LogP contribution in [0.2, 0.25) is 0 Å². The number of sulfonamides is 1. The number of hydrogen-bond acceptors (Lipinski definition) is 4. The predicted octanol–water partition coefficient (Wildman–Crippen LogP) is 3.04. The fourth-order valence-electron chi connectivity index (χ4n) is 2.36. The van der Waals surface area contributed by atoms with E-state index in [9.17, 15) is 26.4 Å². The van der Waals surface area contributed by atoms with E-state index in [0.29, 0.717) is 0 Å². The Bertz CT molecular complexity index is 950. The Labute approximate surface area is 160 Å². The molecule has 0 bridgehead atoms. The lowest BCUT2D eigenvalue weighted by Crippen LogP contribution is -2.31. The summed E-state index contributed by atoms with van der Waals surface area (Å²) in [4.78, 5) is 12.0. The van der Waals surface area contributed by atoms with Crippen molar-refractivity contribution in [3.05, 3.63) is 59.4 Å². The van der Waals surface area contributed by atoms with E-state index in [1.807, 2.05) is 0 Å². The smallest absolute Gasteiger partial charge is 0.387 e. The van der Waals surface area contributed by atoms with Crippen molar-refractivity contribution in [2.45, 2.75) is 37.9 Å². The highest BCUT2D eigenvalue weighted by Crippen LogP contribution is 2.21. The first kappa shape index (κ1) is 21.7. The molecule has 10 heteroatoms. The summed E-state index contributed by atoms with van der Waals surface area (Å²) in [5.41, 5.74) is -0.235. The molecule has 0 aliphatic heterocycles. The van der Waals surface area contributed by atoms with Gasteiger partial charge in [-0.25, -0.2) is 17.5 Å². The van der Waals surface area contributed by atoms with E-state index in [-0.39, 0.29) is 22.8 Å². The molecule has 0 spiro atoms. The van der Waals surface area contributed by atoms with Gasteiger partial charge < -0.3 is 10.1 Å². The van der Waals surface area contributed by atoms with Crippen LogP contribution in [0.1, 0.15) is 29.8 Å². The summed E-state index contributed by atoms with van der Waals surface area (Å²) < 4.78 is 70.0. The zero-order chi connectivity index (χ0) is 20.9. The van der Waals surface area contributed by atoms with Crippen LogP contribution < -0.4 is 14.8 Å². The lowest BCUT2D eigenvalue weighted by Gasteiger charge is -2.13. The van der Waals surface area contributed by atoms with E-state index in [4.69, 9.17) is 0 Å². The Balaban J connectivity index is 2.21. The molecule has 0 radical (unpaired) electrons. The molecule has 2 aromatic carbocycles. The van der Waals surface area contributed by atoms with Crippen molar-refractivity contribution in [3.8, 4) is 5.75 Å². The van der Waals surface area contributed by atoms with Gasteiger partial charge in [-0.1, -0.05) is 18.2 Å². The Morgan fingerprint density at radius 2 is 1.82 bits per heavy atom. The Kier molecular flexibility index (Phi) is 7.03. The molecule has 0 heterocycles. The number of alkyl halides is 2. The molecule has 6 nitrogen and oxygen atoms in total. The highest BCUT2D eigenvalue weighted by molar-refractivity contribution is 7.89. The third-order valence-electron chi connectivity index (χ3n) is 3.51. The number of halogens is 3. The Hall–Kier alpha value is -2.59. The van der Waals surface area contributed by atoms with E-state index < -0.39 is 40.0 Å². The number of carbonyl (C=O) groups is 1. The van der Waals surface area contributed by atoms with Gasteiger partial charge in [0.25, 0.3) is 5.91 Å². The quantitative estimate of drug-likeness (QED) is 0.693.